The predicted octanol–water partition coefficient (Wildman–Crippen LogP) is -0.255. The first kappa shape index (κ1) is 17.3. The summed E-state index contributed by atoms with van der Waals surface area (Å²) in [6, 6.07) is 0. The molecule has 8 heteroatoms. The van der Waals surface area contributed by atoms with Gasteiger partial charge in [-0.05, 0) is 0 Å². The minimum Gasteiger partial charge on any atom is -0.759 e. The smallest absolute Gasteiger partial charge is 0.759 e. The maximum absolute atomic E-state index is 8.52. The third-order valence-electron chi connectivity index (χ3n) is 0.0714. The van der Waals surface area contributed by atoms with Gasteiger partial charge in [-0.25, -0.2) is 0 Å². The fraction of sp³-hybridized carbons (Fsp3) is 1.00. The summed E-state index contributed by atoms with van der Waals surface area (Å²) in [5.41, 5.74) is 0. The molecule has 0 atom stereocenters. The molecule has 0 aromatic carbocycles. The zero-order chi connectivity index (χ0) is 7.91. The van der Waals surface area contributed by atoms with Crippen LogP contribution in [0.1, 0.15) is 0 Å². The van der Waals surface area contributed by atoms with Gasteiger partial charge in [-0.3, -0.25) is 8.42 Å². The van der Waals surface area contributed by atoms with Crippen molar-refractivity contribution in [2.75, 3.05) is 11.8 Å². The molecule has 0 aliphatic rings. The second kappa shape index (κ2) is 10.2. The fourth-order valence-corrected chi connectivity index (χ4v) is 0. The average Bonchev–Trinajstić information content (AvgIpc) is 1.61. The van der Waals surface area contributed by atoms with E-state index in [4.69, 9.17) is 40.7 Å². The molecule has 0 bridgehead atoms. The number of hydrogen-bond acceptors (Lipinski definition) is 4. The Labute approximate surface area is 85.6 Å². The van der Waals surface area contributed by atoms with Gasteiger partial charge < -0.3 is 9.11 Å². The van der Waals surface area contributed by atoms with Gasteiger partial charge in [0.15, 0.2) is 0 Å². The van der Waals surface area contributed by atoms with Crippen molar-refractivity contribution < 1.29 is 17.5 Å². The Hall–Kier alpha value is 1.22. The summed E-state index contributed by atoms with van der Waals surface area (Å²) in [6.45, 7) is 0. The second-order valence-electron chi connectivity index (χ2n) is 0.786. The van der Waals surface area contributed by atoms with E-state index in [9.17, 15) is 0 Å². The number of alkyl halides is 2. The molecular weight excluding hydrogens is 215 g/mol. The van der Waals surface area contributed by atoms with Crippen LogP contribution in [0.5, 0.6) is 0 Å². The average molecular weight is 219 g/mol. The first-order valence-electron chi connectivity index (χ1n) is 1.70. The summed E-state index contributed by atoms with van der Waals surface area (Å²) in [5, 5.41) is 0. The van der Waals surface area contributed by atoms with Gasteiger partial charge in [0.25, 0.3) is 0 Å². The van der Waals surface area contributed by atoms with Crippen LogP contribution >= 0.6 is 23.2 Å². The van der Waals surface area contributed by atoms with E-state index in [1.807, 2.05) is 0 Å². The Morgan fingerprint density at radius 3 is 1.20 bits per heavy atom. The van der Waals surface area contributed by atoms with Gasteiger partial charge >= 0.3 is 23.1 Å². The first-order chi connectivity index (χ1) is 3.91. The van der Waals surface area contributed by atoms with Gasteiger partial charge in [0.1, 0.15) is 0 Å². The topological polar surface area (TPSA) is 80.3 Å². The molecule has 0 rings (SSSR count). The molecule has 0 radical (unpaired) electrons. The summed E-state index contributed by atoms with van der Waals surface area (Å²) >= 11 is 10.1. The molecule has 0 aromatic heterocycles. The molecule has 10 heavy (non-hydrogen) atoms. The zero-order valence-corrected chi connectivity index (χ0v) is 8.66. The molecule has 4 nitrogen and oxygen atoms in total. The molecule has 0 heterocycles. The van der Waals surface area contributed by atoms with Crippen LogP contribution in [0.25, 0.3) is 0 Å². The SMILES string of the molecule is ClCCCl.O=S(=O)([O-])[O-].[Mg+2]. The van der Waals surface area contributed by atoms with Gasteiger partial charge in [0.05, 0.1) is 0 Å². The Balaban J connectivity index is -0.0000000910. The molecule has 0 aliphatic carbocycles. The number of rotatable bonds is 1. The van der Waals surface area contributed by atoms with E-state index in [-0.39, 0.29) is 23.1 Å². The third-order valence-corrected chi connectivity index (χ3v) is 0.643. The van der Waals surface area contributed by atoms with Crippen LogP contribution in [-0.4, -0.2) is 52.3 Å². The van der Waals surface area contributed by atoms with Crippen molar-refractivity contribution in [1.29, 1.82) is 0 Å². The molecule has 0 unspecified atom stereocenters. The van der Waals surface area contributed by atoms with Crippen molar-refractivity contribution in [3.8, 4) is 0 Å². The van der Waals surface area contributed by atoms with Crippen LogP contribution in [-0.2, 0) is 10.4 Å². The van der Waals surface area contributed by atoms with Gasteiger partial charge in [-0.15, -0.1) is 23.2 Å². The second-order valence-corrected chi connectivity index (χ2v) is 2.36. The Morgan fingerprint density at radius 1 is 1.10 bits per heavy atom. The van der Waals surface area contributed by atoms with Crippen molar-refractivity contribution in [2.24, 2.45) is 0 Å². The van der Waals surface area contributed by atoms with E-state index in [0.29, 0.717) is 11.8 Å². The molecule has 0 aliphatic heterocycles. The quantitative estimate of drug-likeness (QED) is 0.263. The van der Waals surface area contributed by atoms with Crippen molar-refractivity contribution in [3.63, 3.8) is 0 Å². The van der Waals surface area contributed by atoms with E-state index in [1.165, 1.54) is 0 Å². The molecule has 0 fully saturated rings. The molecular formula is C2H4Cl2MgO4S. The van der Waals surface area contributed by atoms with E-state index >= 15 is 0 Å². The minimum atomic E-state index is -5.17. The minimum absolute atomic E-state index is 0. The van der Waals surface area contributed by atoms with Crippen molar-refractivity contribution in [2.45, 2.75) is 0 Å². The molecule has 0 saturated heterocycles. The Kier molecular flexibility index (Phi) is 17.7. The molecule has 0 spiro atoms. The van der Waals surface area contributed by atoms with Crippen molar-refractivity contribution in [3.05, 3.63) is 0 Å². The summed E-state index contributed by atoms with van der Waals surface area (Å²) < 4.78 is 34.1. The molecule has 58 valence electrons. The van der Waals surface area contributed by atoms with Gasteiger partial charge in [-0.1, -0.05) is 0 Å². The van der Waals surface area contributed by atoms with Crippen LogP contribution in [0.3, 0.4) is 0 Å². The van der Waals surface area contributed by atoms with Crippen LogP contribution in [0.2, 0.25) is 0 Å². The van der Waals surface area contributed by atoms with E-state index in [0.717, 1.165) is 0 Å². The van der Waals surface area contributed by atoms with Crippen LogP contribution in [0.4, 0.5) is 0 Å². The molecule has 0 saturated carbocycles. The van der Waals surface area contributed by atoms with E-state index < -0.39 is 10.4 Å². The first-order valence-corrected chi connectivity index (χ1v) is 4.10. The number of halogens is 2. The maximum Gasteiger partial charge on any atom is 2.00 e. The van der Waals surface area contributed by atoms with Crippen LogP contribution in [0, 0.1) is 0 Å². The summed E-state index contributed by atoms with van der Waals surface area (Å²) in [5.74, 6) is 1.11. The van der Waals surface area contributed by atoms with Crippen molar-refractivity contribution >= 4 is 56.7 Å². The van der Waals surface area contributed by atoms with Gasteiger partial charge in [-0.2, -0.15) is 0 Å². The van der Waals surface area contributed by atoms with E-state index in [2.05, 4.69) is 0 Å². The van der Waals surface area contributed by atoms with Gasteiger partial charge in [0.2, 0.25) is 0 Å². The molecule has 0 aromatic rings. The predicted molar refractivity (Wildman–Crippen MR) is 37.7 cm³/mol. The maximum atomic E-state index is 8.52. The van der Waals surface area contributed by atoms with Crippen LogP contribution < -0.4 is 0 Å². The van der Waals surface area contributed by atoms with Crippen molar-refractivity contribution in [1.82, 2.24) is 0 Å². The summed E-state index contributed by atoms with van der Waals surface area (Å²) in [6.07, 6.45) is 0. The Morgan fingerprint density at radius 2 is 1.20 bits per heavy atom. The fourth-order valence-electron chi connectivity index (χ4n) is 0. The van der Waals surface area contributed by atoms with Gasteiger partial charge in [0, 0.05) is 22.2 Å². The normalized spacial score (nSPS) is 8.80. The summed E-state index contributed by atoms with van der Waals surface area (Å²) in [4.78, 5) is 0. The van der Waals surface area contributed by atoms with Crippen LogP contribution in [0.15, 0.2) is 0 Å². The molecule has 0 amide bonds. The third kappa shape index (κ3) is 127. The zero-order valence-electron chi connectivity index (χ0n) is 4.92. The Bertz CT molecular complexity index is 124. The molecule has 0 N–H and O–H groups in total. The summed E-state index contributed by atoms with van der Waals surface area (Å²) in [7, 11) is -5.17. The monoisotopic (exact) mass is 218 g/mol. The number of hydrogen-bond donors (Lipinski definition) is 0. The largest absolute Gasteiger partial charge is 2.00 e. The standard InChI is InChI=1S/C2H4Cl2.Mg.H2O4S/c3-1-2-4;;1-5(2,3)4/h1-2H2;;(H2,1,2,3,4)/q;+2;/p-2. The van der Waals surface area contributed by atoms with E-state index in [1.54, 1.807) is 0 Å².